The smallest absolute Gasteiger partial charge is 0.344 e. The summed E-state index contributed by atoms with van der Waals surface area (Å²) in [5.74, 6) is -0.853. The van der Waals surface area contributed by atoms with Crippen LogP contribution in [0.15, 0.2) is 24.3 Å². The molecule has 0 radical (unpaired) electrons. The lowest BCUT2D eigenvalue weighted by atomic mass is 10.3. The average Bonchev–Trinajstić information content (AvgIpc) is 2.89. The topological polar surface area (TPSA) is 84.9 Å². The number of ether oxygens (including phenoxy) is 2. The Balaban J connectivity index is 1.72. The van der Waals surface area contributed by atoms with E-state index >= 15 is 0 Å². The van der Waals surface area contributed by atoms with E-state index in [1.165, 1.54) is 0 Å². The van der Waals surface area contributed by atoms with Crippen molar-refractivity contribution in [3.05, 3.63) is 29.3 Å². The first-order valence-electron chi connectivity index (χ1n) is 6.18. The van der Waals surface area contributed by atoms with E-state index in [4.69, 9.17) is 21.1 Å². The minimum absolute atomic E-state index is 0.272. The van der Waals surface area contributed by atoms with E-state index in [1.807, 2.05) is 0 Å². The highest BCUT2D eigenvalue weighted by Crippen LogP contribution is 2.16. The van der Waals surface area contributed by atoms with E-state index in [-0.39, 0.29) is 13.2 Å². The van der Waals surface area contributed by atoms with Crippen LogP contribution in [0.5, 0.6) is 5.75 Å². The van der Waals surface area contributed by atoms with Crippen molar-refractivity contribution in [2.24, 2.45) is 0 Å². The van der Waals surface area contributed by atoms with Gasteiger partial charge in [0.05, 0.1) is 0 Å². The number of halogens is 1. The predicted octanol–water partition coefficient (Wildman–Crippen LogP) is 0.814. The van der Waals surface area contributed by atoms with Gasteiger partial charge < -0.3 is 14.8 Å². The number of hydrogen-bond donors (Lipinski definition) is 1. The van der Waals surface area contributed by atoms with Crippen LogP contribution in [0.4, 0.5) is 4.79 Å². The summed E-state index contributed by atoms with van der Waals surface area (Å²) in [6.07, 6.45) is 0. The molecule has 8 heteroatoms. The molecule has 0 spiro atoms. The zero-order chi connectivity index (χ0) is 15.2. The number of carbonyl (C=O) groups excluding carboxylic acids is 3. The van der Waals surface area contributed by atoms with Crippen LogP contribution >= 0.6 is 11.6 Å². The number of amides is 3. The highest BCUT2D eigenvalue weighted by molar-refractivity contribution is 6.30. The van der Waals surface area contributed by atoms with Crippen molar-refractivity contribution < 1.29 is 23.9 Å². The van der Waals surface area contributed by atoms with Crippen LogP contribution in [0, 0.1) is 0 Å². The Morgan fingerprint density at radius 3 is 2.81 bits per heavy atom. The summed E-state index contributed by atoms with van der Waals surface area (Å²) in [6.45, 7) is -0.171. The Bertz CT molecular complexity index is 563. The van der Waals surface area contributed by atoms with Gasteiger partial charge in [-0.05, 0) is 18.2 Å². The van der Waals surface area contributed by atoms with Crippen LogP contribution in [0.2, 0.25) is 5.02 Å². The van der Waals surface area contributed by atoms with Crippen LogP contribution in [-0.4, -0.2) is 49.1 Å². The fourth-order valence-electron chi connectivity index (χ4n) is 1.67. The molecular formula is C13H13ClN2O5. The van der Waals surface area contributed by atoms with Crippen LogP contribution in [0.3, 0.4) is 0 Å². The molecule has 1 aliphatic rings. The molecule has 2 rings (SSSR count). The Morgan fingerprint density at radius 1 is 1.33 bits per heavy atom. The van der Waals surface area contributed by atoms with Gasteiger partial charge in [-0.25, -0.2) is 9.59 Å². The number of nitrogens with one attached hydrogen (secondary N) is 1. The molecule has 1 aromatic carbocycles. The highest BCUT2D eigenvalue weighted by Gasteiger charge is 2.26. The molecular weight excluding hydrogens is 300 g/mol. The van der Waals surface area contributed by atoms with Gasteiger partial charge >= 0.3 is 12.0 Å². The summed E-state index contributed by atoms with van der Waals surface area (Å²) in [5, 5.41) is 2.96. The second-order valence-corrected chi connectivity index (χ2v) is 4.62. The fourth-order valence-corrected chi connectivity index (χ4v) is 1.85. The lowest BCUT2D eigenvalue weighted by Crippen LogP contribution is -2.37. The van der Waals surface area contributed by atoms with Crippen molar-refractivity contribution in [1.82, 2.24) is 10.2 Å². The van der Waals surface area contributed by atoms with E-state index in [9.17, 15) is 14.4 Å². The largest absolute Gasteiger partial charge is 0.482 e. The van der Waals surface area contributed by atoms with Crippen molar-refractivity contribution in [1.29, 1.82) is 0 Å². The minimum Gasteiger partial charge on any atom is -0.482 e. The molecule has 1 fully saturated rings. The van der Waals surface area contributed by atoms with E-state index in [1.54, 1.807) is 24.3 Å². The lowest BCUT2D eigenvalue weighted by Gasteiger charge is -2.12. The second-order valence-electron chi connectivity index (χ2n) is 4.18. The first kappa shape index (κ1) is 15.1. The van der Waals surface area contributed by atoms with Crippen LogP contribution in [-0.2, 0) is 14.3 Å². The standard InChI is InChI=1S/C13H13ClN2O5/c14-9-2-1-3-10(6-9)20-8-12(18)21-7-11(17)16-5-4-15-13(16)19/h1-3,6H,4-5,7-8H2,(H,15,19). The number of imide groups is 1. The SMILES string of the molecule is O=C(COc1cccc(Cl)c1)OCC(=O)N1CCNC1=O. The predicted molar refractivity (Wildman–Crippen MR) is 73.0 cm³/mol. The third-order valence-electron chi connectivity index (χ3n) is 2.67. The molecule has 1 aliphatic heterocycles. The quantitative estimate of drug-likeness (QED) is 0.813. The normalized spacial score (nSPS) is 13.8. The first-order valence-corrected chi connectivity index (χ1v) is 6.56. The summed E-state index contributed by atoms with van der Waals surface area (Å²) in [5.41, 5.74) is 0. The molecule has 0 bridgehead atoms. The molecule has 1 saturated heterocycles. The van der Waals surface area contributed by atoms with Crippen LogP contribution in [0.1, 0.15) is 0 Å². The number of hydrogen-bond acceptors (Lipinski definition) is 5. The number of esters is 1. The van der Waals surface area contributed by atoms with Gasteiger partial charge in [0, 0.05) is 18.1 Å². The average molecular weight is 313 g/mol. The van der Waals surface area contributed by atoms with Crippen molar-refractivity contribution in [3.8, 4) is 5.75 Å². The van der Waals surface area contributed by atoms with Gasteiger partial charge in [0.1, 0.15) is 5.75 Å². The maximum atomic E-state index is 11.6. The summed E-state index contributed by atoms with van der Waals surface area (Å²) >= 11 is 5.77. The van der Waals surface area contributed by atoms with E-state index < -0.39 is 24.5 Å². The van der Waals surface area contributed by atoms with E-state index in [0.717, 1.165) is 4.90 Å². The number of benzene rings is 1. The number of urea groups is 1. The van der Waals surface area contributed by atoms with Crippen LogP contribution in [0.25, 0.3) is 0 Å². The van der Waals surface area contributed by atoms with E-state index in [0.29, 0.717) is 17.3 Å². The molecule has 1 N–H and O–H groups in total. The zero-order valence-electron chi connectivity index (χ0n) is 11.0. The van der Waals surface area contributed by atoms with Gasteiger partial charge in [0.25, 0.3) is 5.91 Å². The molecule has 1 aromatic rings. The third-order valence-corrected chi connectivity index (χ3v) is 2.90. The van der Waals surface area contributed by atoms with Gasteiger partial charge in [-0.1, -0.05) is 17.7 Å². The van der Waals surface area contributed by atoms with Crippen molar-refractivity contribution in [2.45, 2.75) is 0 Å². The van der Waals surface area contributed by atoms with Crippen molar-refractivity contribution in [3.63, 3.8) is 0 Å². The first-order chi connectivity index (χ1) is 10.1. The minimum atomic E-state index is -0.706. The number of nitrogens with zero attached hydrogens (tertiary/aromatic N) is 1. The Hall–Kier alpha value is -2.28. The summed E-state index contributed by atoms with van der Waals surface area (Å²) in [7, 11) is 0. The number of carbonyl (C=O) groups is 3. The lowest BCUT2D eigenvalue weighted by molar-refractivity contribution is -0.152. The van der Waals surface area contributed by atoms with Gasteiger partial charge in [0.2, 0.25) is 0 Å². The molecule has 3 amide bonds. The molecule has 7 nitrogen and oxygen atoms in total. The maximum Gasteiger partial charge on any atom is 0.344 e. The van der Waals surface area contributed by atoms with Gasteiger partial charge in [-0.2, -0.15) is 0 Å². The van der Waals surface area contributed by atoms with Crippen LogP contribution < -0.4 is 10.1 Å². The summed E-state index contributed by atoms with van der Waals surface area (Å²) in [4.78, 5) is 35.3. The molecule has 0 atom stereocenters. The van der Waals surface area contributed by atoms with Crippen molar-refractivity contribution in [2.75, 3.05) is 26.3 Å². The van der Waals surface area contributed by atoms with Gasteiger partial charge in [-0.15, -0.1) is 0 Å². The Kier molecular flexibility index (Phi) is 4.99. The van der Waals surface area contributed by atoms with Crippen molar-refractivity contribution >= 4 is 29.5 Å². The second kappa shape index (κ2) is 6.94. The molecule has 112 valence electrons. The Morgan fingerprint density at radius 2 is 2.14 bits per heavy atom. The molecule has 21 heavy (non-hydrogen) atoms. The highest BCUT2D eigenvalue weighted by atomic mass is 35.5. The molecule has 0 aromatic heterocycles. The zero-order valence-corrected chi connectivity index (χ0v) is 11.8. The monoisotopic (exact) mass is 312 g/mol. The summed E-state index contributed by atoms with van der Waals surface area (Å²) < 4.78 is 9.91. The van der Waals surface area contributed by atoms with E-state index in [2.05, 4.69) is 5.32 Å². The molecule has 1 heterocycles. The summed E-state index contributed by atoms with van der Waals surface area (Å²) in [6, 6.07) is 6.06. The molecule has 0 saturated carbocycles. The third kappa shape index (κ3) is 4.35. The molecule has 0 unspecified atom stereocenters. The maximum absolute atomic E-state index is 11.6. The fraction of sp³-hybridized carbons (Fsp3) is 0.308. The molecule has 0 aliphatic carbocycles. The number of rotatable bonds is 5. The Labute approximate surface area is 125 Å². The van der Waals surface area contributed by atoms with Gasteiger partial charge in [-0.3, -0.25) is 9.69 Å². The van der Waals surface area contributed by atoms with Gasteiger partial charge in [0.15, 0.2) is 13.2 Å².